The molecule has 0 aromatic heterocycles. The van der Waals surface area contributed by atoms with E-state index >= 15 is 0 Å². The van der Waals surface area contributed by atoms with E-state index in [0.717, 1.165) is 19.6 Å². The highest BCUT2D eigenvalue weighted by Gasteiger charge is 2.28. The average molecular weight is 228 g/mol. The zero-order chi connectivity index (χ0) is 12.1. The number of amides is 1. The average Bonchev–Trinajstić information content (AvgIpc) is 2.77. The third-order valence-corrected chi connectivity index (χ3v) is 3.31. The van der Waals surface area contributed by atoms with Gasteiger partial charge in [0, 0.05) is 19.7 Å². The highest BCUT2D eigenvalue weighted by atomic mass is 16.5. The van der Waals surface area contributed by atoms with Crippen molar-refractivity contribution in [3.63, 3.8) is 0 Å². The molecule has 0 saturated carbocycles. The van der Waals surface area contributed by atoms with Gasteiger partial charge >= 0.3 is 0 Å². The van der Waals surface area contributed by atoms with Crippen LogP contribution in [0.3, 0.4) is 0 Å². The van der Waals surface area contributed by atoms with Crippen LogP contribution in [0.4, 0.5) is 0 Å². The predicted octanol–water partition coefficient (Wildman–Crippen LogP) is 0.772. The van der Waals surface area contributed by atoms with E-state index in [4.69, 9.17) is 4.74 Å². The van der Waals surface area contributed by atoms with Crippen molar-refractivity contribution < 1.29 is 9.53 Å². The largest absolute Gasteiger partial charge is 0.381 e. The smallest absolute Gasteiger partial charge is 0.237 e. The van der Waals surface area contributed by atoms with Gasteiger partial charge in [-0.2, -0.15) is 0 Å². The van der Waals surface area contributed by atoms with E-state index in [-0.39, 0.29) is 11.9 Å². The molecule has 0 radical (unpaired) electrons. The molecule has 4 heteroatoms. The van der Waals surface area contributed by atoms with Crippen molar-refractivity contribution in [1.82, 2.24) is 10.6 Å². The van der Waals surface area contributed by atoms with E-state index in [2.05, 4.69) is 31.4 Å². The van der Waals surface area contributed by atoms with E-state index in [9.17, 15) is 4.79 Å². The molecule has 0 spiro atoms. The Morgan fingerprint density at radius 3 is 2.50 bits per heavy atom. The lowest BCUT2D eigenvalue weighted by Gasteiger charge is -2.27. The summed E-state index contributed by atoms with van der Waals surface area (Å²) in [5.74, 6) is 0.899. The van der Waals surface area contributed by atoms with Gasteiger partial charge < -0.3 is 15.4 Å². The van der Waals surface area contributed by atoms with Crippen LogP contribution in [0.5, 0.6) is 0 Å². The summed E-state index contributed by atoms with van der Waals surface area (Å²) < 4.78 is 5.37. The Bertz CT molecular complexity index is 225. The summed E-state index contributed by atoms with van der Waals surface area (Å²) in [5.41, 5.74) is 0. The molecule has 0 aromatic carbocycles. The molecule has 1 amide bonds. The number of carbonyl (C=O) groups excluding carboxylic acids is 1. The van der Waals surface area contributed by atoms with Crippen molar-refractivity contribution in [2.45, 2.75) is 39.3 Å². The standard InChI is InChI=1S/C12H24N2O2/c1-8(2)11(12(15)13-4)14-9(3)10-5-6-16-7-10/h8-11,14H,5-7H2,1-4H3,(H,13,15)/t9-,10+,11+/m0/s1. The predicted molar refractivity (Wildman–Crippen MR) is 64.2 cm³/mol. The Balaban J connectivity index is 2.50. The van der Waals surface area contributed by atoms with Crippen molar-refractivity contribution in [3.05, 3.63) is 0 Å². The van der Waals surface area contributed by atoms with Gasteiger partial charge in [0.05, 0.1) is 12.6 Å². The van der Waals surface area contributed by atoms with E-state index in [1.165, 1.54) is 0 Å². The van der Waals surface area contributed by atoms with Crippen LogP contribution in [-0.2, 0) is 9.53 Å². The Hall–Kier alpha value is -0.610. The number of likely N-dealkylation sites (N-methyl/N-ethyl adjacent to an activating group) is 1. The van der Waals surface area contributed by atoms with Gasteiger partial charge in [0.25, 0.3) is 0 Å². The fraction of sp³-hybridized carbons (Fsp3) is 0.917. The first kappa shape index (κ1) is 13.5. The number of ether oxygens (including phenoxy) is 1. The molecule has 94 valence electrons. The van der Waals surface area contributed by atoms with Crippen molar-refractivity contribution in [3.8, 4) is 0 Å². The highest BCUT2D eigenvalue weighted by molar-refractivity contribution is 5.81. The molecule has 1 heterocycles. The molecule has 0 unspecified atom stereocenters. The monoisotopic (exact) mass is 228 g/mol. The first-order valence-electron chi connectivity index (χ1n) is 6.11. The normalized spacial score (nSPS) is 24.4. The molecule has 0 aliphatic carbocycles. The molecular weight excluding hydrogens is 204 g/mol. The Labute approximate surface area is 98.1 Å². The van der Waals surface area contributed by atoms with Crippen molar-refractivity contribution >= 4 is 5.91 Å². The first-order chi connectivity index (χ1) is 7.56. The molecule has 2 N–H and O–H groups in total. The third-order valence-electron chi connectivity index (χ3n) is 3.31. The molecule has 1 fully saturated rings. The molecule has 3 atom stereocenters. The summed E-state index contributed by atoms with van der Waals surface area (Å²) in [6.45, 7) is 7.92. The third kappa shape index (κ3) is 3.46. The first-order valence-corrected chi connectivity index (χ1v) is 6.11. The van der Waals surface area contributed by atoms with Crippen molar-refractivity contribution in [2.24, 2.45) is 11.8 Å². The highest BCUT2D eigenvalue weighted by Crippen LogP contribution is 2.17. The topological polar surface area (TPSA) is 50.4 Å². The summed E-state index contributed by atoms with van der Waals surface area (Å²) in [6.07, 6.45) is 1.09. The van der Waals surface area contributed by atoms with Gasteiger partial charge in [0.15, 0.2) is 0 Å². The van der Waals surface area contributed by atoms with Gasteiger partial charge in [-0.1, -0.05) is 13.8 Å². The molecule has 1 aliphatic rings. The van der Waals surface area contributed by atoms with Crippen molar-refractivity contribution in [2.75, 3.05) is 20.3 Å². The number of nitrogens with one attached hydrogen (secondary N) is 2. The second kappa shape index (κ2) is 6.21. The van der Waals surface area contributed by atoms with E-state index < -0.39 is 0 Å². The number of hydrogen-bond donors (Lipinski definition) is 2. The Morgan fingerprint density at radius 2 is 2.06 bits per heavy atom. The fourth-order valence-corrected chi connectivity index (χ4v) is 2.09. The summed E-state index contributed by atoms with van der Waals surface area (Å²) in [6, 6.07) is 0.216. The maximum Gasteiger partial charge on any atom is 0.237 e. The Kier molecular flexibility index (Phi) is 5.22. The quantitative estimate of drug-likeness (QED) is 0.731. The lowest BCUT2D eigenvalue weighted by atomic mass is 9.96. The zero-order valence-corrected chi connectivity index (χ0v) is 10.7. The van der Waals surface area contributed by atoms with Crippen LogP contribution < -0.4 is 10.6 Å². The SMILES string of the molecule is CNC(=O)[C@H](N[C@@H](C)[C@@H]1CCOC1)C(C)C. The summed E-state index contributed by atoms with van der Waals surface area (Å²) in [4.78, 5) is 11.7. The summed E-state index contributed by atoms with van der Waals surface area (Å²) in [5, 5.41) is 6.13. The van der Waals surface area contributed by atoms with Crippen molar-refractivity contribution in [1.29, 1.82) is 0 Å². The number of rotatable bonds is 5. The second-order valence-corrected chi connectivity index (χ2v) is 4.91. The summed E-state index contributed by atoms with van der Waals surface area (Å²) in [7, 11) is 1.68. The molecule has 1 saturated heterocycles. The maximum absolute atomic E-state index is 11.7. The van der Waals surface area contributed by atoms with Gasteiger partial charge in [-0.05, 0) is 25.2 Å². The minimum atomic E-state index is -0.111. The van der Waals surface area contributed by atoms with E-state index in [0.29, 0.717) is 17.9 Å². The van der Waals surface area contributed by atoms with Crippen LogP contribution in [0, 0.1) is 11.8 Å². The van der Waals surface area contributed by atoms with Gasteiger partial charge in [-0.25, -0.2) is 0 Å². The van der Waals surface area contributed by atoms with Gasteiger partial charge in [0.1, 0.15) is 0 Å². The van der Waals surface area contributed by atoms with Gasteiger partial charge in [-0.3, -0.25) is 4.79 Å². The molecular formula is C12H24N2O2. The van der Waals surface area contributed by atoms with Gasteiger partial charge in [-0.15, -0.1) is 0 Å². The molecule has 1 aliphatic heterocycles. The van der Waals surface area contributed by atoms with Crippen LogP contribution in [0.15, 0.2) is 0 Å². The minimum Gasteiger partial charge on any atom is -0.381 e. The van der Waals surface area contributed by atoms with E-state index in [1.54, 1.807) is 7.05 Å². The lowest BCUT2D eigenvalue weighted by Crippen LogP contribution is -2.51. The van der Waals surface area contributed by atoms with Crippen LogP contribution in [0.25, 0.3) is 0 Å². The molecule has 0 aromatic rings. The fourth-order valence-electron chi connectivity index (χ4n) is 2.09. The minimum absolute atomic E-state index is 0.0702. The Morgan fingerprint density at radius 1 is 1.38 bits per heavy atom. The van der Waals surface area contributed by atoms with Crippen LogP contribution >= 0.6 is 0 Å². The van der Waals surface area contributed by atoms with E-state index in [1.807, 2.05) is 0 Å². The van der Waals surface area contributed by atoms with Crippen LogP contribution in [-0.4, -0.2) is 38.3 Å². The molecule has 0 bridgehead atoms. The number of carbonyl (C=O) groups is 1. The maximum atomic E-state index is 11.7. The molecule has 4 nitrogen and oxygen atoms in total. The number of hydrogen-bond acceptors (Lipinski definition) is 3. The molecule has 1 rings (SSSR count). The van der Waals surface area contributed by atoms with Crippen LogP contribution in [0.1, 0.15) is 27.2 Å². The van der Waals surface area contributed by atoms with Crippen LogP contribution in [0.2, 0.25) is 0 Å². The zero-order valence-electron chi connectivity index (χ0n) is 10.7. The second-order valence-electron chi connectivity index (χ2n) is 4.91. The molecule has 16 heavy (non-hydrogen) atoms. The lowest BCUT2D eigenvalue weighted by molar-refractivity contribution is -0.124. The van der Waals surface area contributed by atoms with Gasteiger partial charge in [0.2, 0.25) is 5.91 Å². The summed E-state index contributed by atoms with van der Waals surface area (Å²) >= 11 is 0.